The highest BCUT2D eigenvalue weighted by molar-refractivity contribution is 5.80. The average molecular weight is 573 g/mol. The van der Waals surface area contributed by atoms with Crippen molar-refractivity contribution in [2.75, 3.05) is 57.5 Å². The van der Waals surface area contributed by atoms with Crippen LogP contribution in [0.15, 0.2) is 66.5 Å². The van der Waals surface area contributed by atoms with Gasteiger partial charge in [-0.3, -0.25) is 0 Å². The van der Waals surface area contributed by atoms with Crippen LogP contribution in [-0.4, -0.2) is 57.0 Å². The van der Waals surface area contributed by atoms with Gasteiger partial charge in [0.05, 0.1) is 29.5 Å². The smallest absolute Gasteiger partial charge is 0.416 e. The van der Waals surface area contributed by atoms with Gasteiger partial charge in [-0.1, -0.05) is 36.4 Å². The van der Waals surface area contributed by atoms with E-state index in [0.29, 0.717) is 30.5 Å². The number of fused-ring (bicyclic) bond motifs is 1. The topological polar surface area (TPSA) is 73.5 Å². The molecule has 41 heavy (non-hydrogen) atoms. The first-order chi connectivity index (χ1) is 19.7. The molecule has 3 aromatic rings. The zero-order valence-corrected chi connectivity index (χ0v) is 23.4. The number of nitrogens with one attached hydrogen (secondary N) is 4. The number of pyridine rings is 1. The number of hydrogen-bond acceptors (Lipinski definition) is 7. The van der Waals surface area contributed by atoms with Crippen LogP contribution in [0.1, 0.15) is 22.3 Å². The van der Waals surface area contributed by atoms with Crippen molar-refractivity contribution in [1.82, 2.24) is 20.7 Å². The predicted molar refractivity (Wildman–Crippen MR) is 154 cm³/mol. The van der Waals surface area contributed by atoms with Crippen molar-refractivity contribution in [1.29, 1.82) is 0 Å². The van der Waals surface area contributed by atoms with Gasteiger partial charge in [-0.05, 0) is 49.2 Å². The van der Waals surface area contributed by atoms with Gasteiger partial charge in [-0.25, -0.2) is 10.1 Å². The Labute approximate surface area is 237 Å². The summed E-state index contributed by atoms with van der Waals surface area (Å²) in [5, 5.41) is 13.7. The van der Waals surface area contributed by atoms with Crippen molar-refractivity contribution in [2.45, 2.75) is 19.5 Å². The number of likely N-dealkylation sites (N-methyl/N-ethyl adjacent to an activating group) is 1. The molecule has 220 valence electrons. The molecule has 11 heteroatoms. The molecule has 1 aliphatic heterocycles. The fourth-order valence-corrected chi connectivity index (χ4v) is 4.81. The summed E-state index contributed by atoms with van der Waals surface area (Å²) in [5.41, 5.74) is 3.74. The fraction of sp³-hybridized carbons (Fsp3) is 0.367. The highest BCUT2D eigenvalue weighted by atomic mass is 19.4. The molecule has 0 saturated carbocycles. The van der Waals surface area contributed by atoms with Gasteiger partial charge in [-0.2, -0.15) is 13.2 Å². The van der Waals surface area contributed by atoms with Gasteiger partial charge in [0.25, 0.3) is 0 Å². The normalized spacial score (nSPS) is 14.1. The summed E-state index contributed by atoms with van der Waals surface area (Å²) >= 11 is 0. The van der Waals surface area contributed by atoms with E-state index in [4.69, 9.17) is 4.74 Å². The Bertz CT molecular complexity index is 1330. The maximum Gasteiger partial charge on any atom is 0.416 e. The van der Waals surface area contributed by atoms with Gasteiger partial charge in [0.1, 0.15) is 0 Å². The van der Waals surface area contributed by atoms with Gasteiger partial charge < -0.3 is 26.0 Å². The van der Waals surface area contributed by atoms with E-state index < -0.39 is 17.7 Å². The lowest BCUT2D eigenvalue weighted by Gasteiger charge is -2.28. The number of aryl methyl sites for hydroxylation is 1. The van der Waals surface area contributed by atoms with E-state index in [-0.39, 0.29) is 23.7 Å². The van der Waals surface area contributed by atoms with Crippen molar-refractivity contribution >= 4 is 17.1 Å². The summed E-state index contributed by atoms with van der Waals surface area (Å²) in [4.78, 5) is 4.04. The van der Waals surface area contributed by atoms with Gasteiger partial charge in [-0.15, -0.1) is 4.48 Å². The third-order valence-corrected chi connectivity index (χ3v) is 6.88. The molecule has 1 aromatic heterocycles. The molecule has 2 aromatic carbocycles. The van der Waals surface area contributed by atoms with Crippen LogP contribution in [0, 0.1) is 12.8 Å². The van der Waals surface area contributed by atoms with Crippen LogP contribution in [0.5, 0.6) is 5.88 Å². The number of rotatable bonds is 13. The minimum atomic E-state index is -4.54. The summed E-state index contributed by atoms with van der Waals surface area (Å²) in [7, 11) is 3.13. The molecule has 2 heterocycles. The highest BCUT2D eigenvalue weighted by Crippen LogP contribution is 2.34. The Balaban J connectivity index is 1.72. The maximum absolute atomic E-state index is 15.5. The molecule has 7 nitrogen and oxygen atoms in total. The molecule has 0 spiro atoms. The number of hydrogen-bond donors (Lipinski definition) is 4. The first kappa shape index (κ1) is 30.1. The molecule has 0 bridgehead atoms. The molecule has 0 aliphatic carbocycles. The van der Waals surface area contributed by atoms with Crippen molar-refractivity contribution in [2.24, 2.45) is 5.92 Å². The summed E-state index contributed by atoms with van der Waals surface area (Å²) in [5.74, 6) is -0.780. The first-order valence-corrected chi connectivity index (χ1v) is 13.5. The Morgan fingerprint density at radius 3 is 2.61 bits per heavy atom. The molecule has 0 fully saturated rings. The number of anilines is 2. The maximum atomic E-state index is 15.5. The summed E-state index contributed by atoms with van der Waals surface area (Å²) in [6, 6.07) is 16.2. The molecule has 1 unspecified atom stereocenters. The van der Waals surface area contributed by atoms with E-state index in [0.717, 1.165) is 42.2 Å². The van der Waals surface area contributed by atoms with E-state index in [9.17, 15) is 13.2 Å². The lowest BCUT2D eigenvalue weighted by molar-refractivity contribution is -0.138. The van der Waals surface area contributed by atoms with Gasteiger partial charge in [0.2, 0.25) is 5.88 Å². The van der Waals surface area contributed by atoms with Crippen LogP contribution in [-0.2, 0) is 12.6 Å². The lowest BCUT2D eigenvalue weighted by Crippen LogP contribution is -2.36. The molecule has 0 radical (unpaired) electrons. The Hall–Kier alpha value is -3.83. The lowest BCUT2D eigenvalue weighted by atomic mass is 9.99. The Kier molecular flexibility index (Phi) is 10.1. The quantitative estimate of drug-likeness (QED) is 0.123. The molecule has 1 aliphatic rings. The summed E-state index contributed by atoms with van der Waals surface area (Å²) < 4.78 is 61.8. The largest absolute Gasteiger partial charge is 0.477 e. The number of aromatic nitrogens is 1. The van der Waals surface area contributed by atoms with E-state index in [1.54, 1.807) is 0 Å². The molecule has 0 saturated heterocycles. The number of alkyl halides is 3. The van der Waals surface area contributed by atoms with Crippen LogP contribution in [0.3, 0.4) is 0 Å². The van der Waals surface area contributed by atoms with Crippen molar-refractivity contribution in [3.63, 3.8) is 0 Å². The molecule has 0 amide bonds. The zero-order chi connectivity index (χ0) is 29.4. The molecule has 1 atom stereocenters. The van der Waals surface area contributed by atoms with Crippen LogP contribution in [0.25, 0.3) is 5.70 Å². The van der Waals surface area contributed by atoms with Gasteiger partial charge >= 0.3 is 6.18 Å². The zero-order valence-electron chi connectivity index (χ0n) is 23.4. The predicted octanol–water partition coefficient (Wildman–Crippen LogP) is 5.48. The molecular formula is C30H36F4N6O. The van der Waals surface area contributed by atoms with Crippen LogP contribution >= 0.6 is 0 Å². The number of ether oxygens (including phenoxy) is 1. The highest BCUT2D eigenvalue weighted by Gasteiger charge is 2.33. The third-order valence-electron chi connectivity index (χ3n) is 6.88. The Morgan fingerprint density at radius 2 is 1.90 bits per heavy atom. The van der Waals surface area contributed by atoms with Crippen LogP contribution < -0.4 is 26.0 Å². The van der Waals surface area contributed by atoms with Crippen molar-refractivity contribution in [3.05, 3.63) is 88.7 Å². The third kappa shape index (κ3) is 7.89. The minimum Gasteiger partial charge on any atom is -0.477 e. The second-order valence-electron chi connectivity index (χ2n) is 9.93. The van der Waals surface area contributed by atoms with E-state index in [1.165, 1.54) is 19.5 Å². The minimum absolute atomic E-state index is 0.00129. The second-order valence-corrected chi connectivity index (χ2v) is 9.93. The van der Waals surface area contributed by atoms with Crippen LogP contribution in [0.2, 0.25) is 0 Å². The fourth-order valence-electron chi connectivity index (χ4n) is 4.81. The SMILES string of the molecule is CNCCNCC(COc1cc(C(F)(F)F)c(C)cn1)/C(=C(/Nc1ccc2c(c1)NCC2)c1ccccc1)N(C)F. The molecular weight excluding hydrogens is 536 g/mol. The van der Waals surface area contributed by atoms with Gasteiger partial charge in [0.15, 0.2) is 0 Å². The van der Waals surface area contributed by atoms with Crippen molar-refractivity contribution in [3.8, 4) is 5.88 Å². The van der Waals surface area contributed by atoms with E-state index >= 15 is 4.48 Å². The van der Waals surface area contributed by atoms with E-state index in [2.05, 4.69) is 26.3 Å². The van der Waals surface area contributed by atoms with Crippen molar-refractivity contribution < 1.29 is 22.4 Å². The number of halogens is 4. The number of benzene rings is 2. The standard InChI is InChI=1S/C30H36F4N6O/c1-20-17-38-27(16-25(20)30(31,32)33)41-19-23(18-36-14-13-35-2)29(40(3)34)28(22-7-5-4-6-8-22)39-24-10-9-21-11-12-37-26(21)15-24/h4-10,15-17,23,35-37,39H,11-14,18-19H2,1-3H3/b29-28-. The second kappa shape index (κ2) is 13.7. The Morgan fingerprint density at radius 1 is 1.12 bits per heavy atom. The molecule has 4 rings (SSSR count). The summed E-state index contributed by atoms with van der Waals surface area (Å²) in [6.45, 7) is 3.67. The monoisotopic (exact) mass is 572 g/mol. The number of nitrogens with zero attached hydrogens (tertiary/aromatic N) is 2. The van der Waals surface area contributed by atoms with Gasteiger partial charge in [0, 0.05) is 56.9 Å². The summed E-state index contributed by atoms with van der Waals surface area (Å²) in [6.07, 6.45) is -2.47. The average Bonchev–Trinajstić information content (AvgIpc) is 3.41. The van der Waals surface area contributed by atoms with Crippen LogP contribution in [0.4, 0.5) is 29.0 Å². The first-order valence-electron chi connectivity index (χ1n) is 13.5. The molecule has 4 N–H and O–H groups in total. The van der Waals surface area contributed by atoms with E-state index in [1.807, 2.05) is 55.6 Å².